The van der Waals surface area contributed by atoms with Gasteiger partial charge in [-0.05, 0) is 18.2 Å². The number of benzene rings is 1. The van der Waals surface area contributed by atoms with E-state index in [0.717, 1.165) is 0 Å². The Kier molecular flexibility index (Phi) is 1.70. The predicted molar refractivity (Wildman–Crippen MR) is 42.9 cm³/mol. The molecule has 14 heavy (non-hydrogen) atoms. The molecule has 1 aromatic carbocycles. The number of hydrogen-bond donors (Lipinski definition) is 0. The first-order valence-electron chi connectivity index (χ1n) is 3.84. The third-order valence-corrected chi connectivity index (χ3v) is 1.93. The van der Waals surface area contributed by atoms with Crippen LogP contribution in [0.1, 0.15) is 10.4 Å². The monoisotopic (exact) mass is 200 g/mol. The average Bonchev–Trinajstić information content (AvgIpc) is 2.38. The number of fused-ring (bicyclic) bond motifs is 1. The SMILES string of the molecule is COc1ccc2c(c1)C(=O)C(F)(F)O2. The molecule has 0 fully saturated rings. The quantitative estimate of drug-likeness (QED) is 0.694. The van der Waals surface area contributed by atoms with Crippen LogP contribution in [0.4, 0.5) is 8.78 Å². The third-order valence-electron chi connectivity index (χ3n) is 1.93. The molecule has 0 bridgehead atoms. The lowest BCUT2D eigenvalue weighted by Crippen LogP contribution is -2.28. The topological polar surface area (TPSA) is 35.5 Å². The van der Waals surface area contributed by atoms with E-state index in [2.05, 4.69) is 4.74 Å². The minimum Gasteiger partial charge on any atom is -0.497 e. The smallest absolute Gasteiger partial charge is 0.466 e. The van der Waals surface area contributed by atoms with Gasteiger partial charge in [-0.25, -0.2) is 0 Å². The van der Waals surface area contributed by atoms with Crippen LogP contribution in [0.15, 0.2) is 18.2 Å². The summed E-state index contributed by atoms with van der Waals surface area (Å²) in [5, 5.41) is 0. The Hall–Kier alpha value is -1.65. The Labute approximate surface area is 78.2 Å². The Bertz CT molecular complexity index is 401. The lowest BCUT2D eigenvalue weighted by molar-refractivity contribution is -0.123. The molecule has 0 aromatic heterocycles. The Morgan fingerprint density at radius 3 is 2.79 bits per heavy atom. The van der Waals surface area contributed by atoms with Crippen LogP contribution in [0.5, 0.6) is 11.5 Å². The summed E-state index contributed by atoms with van der Waals surface area (Å²) in [6.45, 7) is 0. The van der Waals surface area contributed by atoms with Crippen LogP contribution < -0.4 is 9.47 Å². The maximum Gasteiger partial charge on any atom is 0.466 e. The van der Waals surface area contributed by atoms with Crippen molar-refractivity contribution in [1.29, 1.82) is 0 Å². The molecular formula is C9H6F2O3. The zero-order valence-corrected chi connectivity index (χ0v) is 7.21. The Morgan fingerprint density at radius 2 is 2.14 bits per heavy atom. The molecule has 5 heteroatoms. The fourth-order valence-electron chi connectivity index (χ4n) is 1.24. The van der Waals surface area contributed by atoms with Gasteiger partial charge < -0.3 is 9.47 Å². The zero-order chi connectivity index (χ0) is 10.3. The summed E-state index contributed by atoms with van der Waals surface area (Å²) >= 11 is 0. The van der Waals surface area contributed by atoms with Crippen molar-refractivity contribution < 1.29 is 23.0 Å². The molecule has 0 spiro atoms. The van der Waals surface area contributed by atoms with Crippen LogP contribution in [0.2, 0.25) is 0 Å². The van der Waals surface area contributed by atoms with Gasteiger partial charge in [0.25, 0.3) is 5.78 Å². The van der Waals surface area contributed by atoms with Crippen molar-refractivity contribution in [2.75, 3.05) is 7.11 Å². The van der Waals surface area contributed by atoms with Crippen molar-refractivity contribution >= 4 is 5.78 Å². The minimum atomic E-state index is -3.74. The number of ether oxygens (including phenoxy) is 2. The number of Topliss-reactive ketones (excluding diaryl/α,β-unsaturated/α-hetero) is 1. The van der Waals surface area contributed by atoms with Gasteiger partial charge in [0.05, 0.1) is 12.7 Å². The number of alkyl halides is 2. The molecular weight excluding hydrogens is 194 g/mol. The van der Waals surface area contributed by atoms with Crippen LogP contribution in [-0.4, -0.2) is 19.0 Å². The molecule has 0 atom stereocenters. The number of halogens is 2. The first-order chi connectivity index (χ1) is 6.54. The molecule has 0 N–H and O–H groups in total. The minimum absolute atomic E-state index is 0.110. The van der Waals surface area contributed by atoms with Gasteiger partial charge in [0.2, 0.25) is 0 Å². The number of rotatable bonds is 1. The standard InChI is InChI=1S/C9H6F2O3/c1-13-5-2-3-7-6(4-5)8(12)9(10,11)14-7/h2-4H,1H3. The molecule has 1 aliphatic rings. The zero-order valence-electron chi connectivity index (χ0n) is 7.21. The van der Waals surface area contributed by atoms with Crippen LogP contribution in [0, 0.1) is 0 Å². The lowest BCUT2D eigenvalue weighted by Gasteiger charge is -2.04. The molecule has 0 aliphatic carbocycles. The Balaban J connectivity index is 2.51. The van der Waals surface area contributed by atoms with E-state index in [0.29, 0.717) is 5.75 Å². The van der Waals surface area contributed by atoms with Crippen molar-refractivity contribution in [3.63, 3.8) is 0 Å². The molecule has 1 aliphatic heterocycles. The van der Waals surface area contributed by atoms with E-state index < -0.39 is 11.9 Å². The lowest BCUT2D eigenvalue weighted by atomic mass is 10.1. The van der Waals surface area contributed by atoms with E-state index in [1.807, 2.05) is 0 Å². The highest BCUT2D eigenvalue weighted by Gasteiger charge is 2.50. The first kappa shape index (κ1) is 8.93. The average molecular weight is 200 g/mol. The molecule has 1 aromatic rings. The normalized spacial score (nSPS) is 17.5. The number of hydrogen-bond acceptors (Lipinski definition) is 3. The summed E-state index contributed by atoms with van der Waals surface area (Å²) in [6, 6.07) is 3.97. The van der Waals surface area contributed by atoms with Crippen LogP contribution in [0.3, 0.4) is 0 Å². The molecule has 74 valence electrons. The van der Waals surface area contributed by atoms with Gasteiger partial charge >= 0.3 is 6.11 Å². The Morgan fingerprint density at radius 1 is 1.43 bits per heavy atom. The van der Waals surface area contributed by atoms with E-state index in [4.69, 9.17) is 4.74 Å². The number of carbonyl (C=O) groups is 1. The summed E-state index contributed by atoms with van der Waals surface area (Å²) < 4.78 is 34.5. The van der Waals surface area contributed by atoms with Gasteiger partial charge in [0, 0.05) is 0 Å². The summed E-state index contributed by atoms with van der Waals surface area (Å²) in [5.74, 6) is -1.09. The van der Waals surface area contributed by atoms with Crippen molar-refractivity contribution in [1.82, 2.24) is 0 Å². The van der Waals surface area contributed by atoms with Crippen molar-refractivity contribution in [2.24, 2.45) is 0 Å². The molecule has 0 saturated heterocycles. The second-order valence-corrected chi connectivity index (χ2v) is 2.81. The van der Waals surface area contributed by atoms with E-state index in [-0.39, 0.29) is 11.3 Å². The second-order valence-electron chi connectivity index (χ2n) is 2.81. The van der Waals surface area contributed by atoms with Gasteiger partial charge in [-0.3, -0.25) is 4.79 Å². The van der Waals surface area contributed by atoms with Crippen LogP contribution >= 0.6 is 0 Å². The summed E-state index contributed by atoms with van der Waals surface area (Å²) in [7, 11) is 1.39. The molecule has 0 unspecified atom stereocenters. The fourth-order valence-corrected chi connectivity index (χ4v) is 1.24. The molecule has 2 rings (SSSR count). The predicted octanol–water partition coefficient (Wildman–Crippen LogP) is 1.86. The van der Waals surface area contributed by atoms with E-state index in [9.17, 15) is 13.6 Å². The molecule has 0 amide bonds. The number of ketones is 1. The maximum atomic E-state index is 12.8. The van der Waals surface area contributed by atoms with Crippen molar-refractivity contribution in [3.05, 3.63) is 23.8 Å². The summed E-state index contributed by atoms with van der Waals surface area (Å²) in [6.07, 6.45) is -3.74. The number of carbonyl (C=O) groups excluding carboxylic acids is 1. The largest absolute Gasteiger partial charge is 0.497 e. The molecule has 3 nitrogen and oxygen atoms in total. The summed E-state index contributed by atoms with van der Waals surface area (Å²) in [5.41, 5.74) is -0.144. The van der Waals surface area contributed by atoms with Gasteiger partial charge in [-0.1, -0.05) is 0 Å². The highest BCUT2D eigenvalue weighted by Crippen LogP contribution is 2.38. The maximum absolute atomic E-state index is 12.8. The molecule has 0 saturated carbocycles. The highest BCUT2D eigenvalue weighted by molar-refractivity contribution is 6.05. The van der Waals surface area contributed by atoms with Crippen LogP contribution in [0.25, 0.3) is 0 Å². The van der Waals surface area contributed by atoms with Gasteiger partial charge in [0.15, 0.2) is 0 Å². The molecule has 1 heterocycles. The molecule has 0 radical (unpaired) electrons. The number of methoxy groups -OCH3 is 1. The third kappa shape index (κ3) is 1.13. The fraction of sp³-hybridized carbons (Fsp3) is 0.222. The first-order valence-corrected chi connectivity index (χ1v) is 3.84. The van der Waals surface area contributed by atoms with Gasteiger partial charge in [-0.2, -0.15) is 8.78 Å². The van der Waals surface area contributed by atoms with Crippen LogP contribution in [-0.2, 0) is 0 Å². The van der Waals surface area contributed by atoms with Gasteiger partial charge in [0.1, 0.15) is 11.5 Å². The van der Waals surface area contributed by atoms with E-state index in [1.165, 1.54) is 25.3 Å². The van der Waals surface area contributed by atoms with Crippen molar-refractivity contribution in [2.45, 2.75) is 6.11 Å². The van der Waals surface area contributed by atoms with E-state index in [1.54, 1.807) is 0 Å². The van der Waals surface area contributed by atoms with E-state index >= 15 is 0 Å². The second kappa shape index (κ2) is 2.67. The highest BCUT2D eigenvalue weighted by atomic mass is 19.3. The summed E-state index contributed by atoms with van der Waals surface area (Å²) in [4.78, 5) is 11.1. The van der Waals surface area contributed by atoms with Crippen molar-refractivity contribution in [3.8, 4) is 11.5 Å². The van der Waals surface area contributed by atoms with Gasteiger partial charge in [-0.15, -0.1) is 0 Å².